The Hall–Kier alpha value is -0.870. The zero-order valence-corrected chi connectivity index (χ0v) is 11.8. The Morgan fingerprint density at radius 2 is 2.39 bits per heavy atom. The van der Waals surface area contributed by atoms with Gasteiger partial charge in [-0.15, -0.1) is 0 Å². The van der Waals surface area contributed by atoms with Crippen molar-refractivity contribution in [2.45, 2.75) is 52.1 Å². The van der Waals surface area contributed by atoms with Crippen LogP contribution in [0.1, 0.15) is 57.2 Å². The minimum atomic E-state index is 0.325. The van der Waals surface area contributed by atoms with E-state index in [1.54, 1.807) is 0 Å². The molecule has 2 heterocycles. The Bertz CT molecular complexity index is 369. The summed E-state index contributed by atoms with van der Waals surface area (Å²) in [6.45, 7) is 9.19. The first-order chi connectivity index (χ1) is 8.76. The van der Waals surface area contributed by atoms with Gasteiger partial charge >= 0.3 is 0 Å². The van der Waals surface area contributed by atoms with Crippen molar-refractivity contribution in [1.82, 2.24) is 14.9 Å². The fraction of sp³-hybridized carbons (Fsp3) is 0.786. The third-order valence-corrected chi connectivity index (χ3v) is 3.63. The number of aryl methyl sites for hydroxylation is 1. The van der Waals surface area contributed by atoms with Crippen LogP contribution in [0.25, 0.3) is 0 Å². The summed E-state index contributed by atoms with van der Waals surface area (Å²) < 4.78 is 7.92. The number of nitrogens with one attached hydrogen (secondary N) is 1. The largest absolute Gasteiger partial charge is 0.379 e. The molecule has 0 aliphatic carbocycles. The molecule has 4 heteroatoms. The van der Waals surface area contributed by atoms with Gasteiger partial charge in [-0.25, -0.2) is 4.98 Å². The summed E-state index contributed by atoms with van der Waals surface area (Å²) in [6, 6.07) is 0.801. The molecular formula is C14H25N3O. The standard InChI is InChI=1S/C14H25N3O/c1-4-14-16-13(11(3)15-5-2)9-17(14)12-7-6-8-18-10-12/h9,11-12,15H,4-8,10H2,1-3H3. The summed E-state index contributed by atoms with van der Waals surface area (Å²) in [6.07, 6.45) is 5.56. The van der Waals surface area contributed by atoms with Crippen LogP contribution in [0, 0.1) is 0 Å². The lowest BCUT2D eigenvalue weighted by molar-refractivity contribution is 0.0582. The van der Waals surface area contributed by atoms with E-state index in [-0.39, 0.29) is 0 Å². The summed E-state index contributed by atoms with van der Waals surface area (Å²) in [7, 11) is 0. The minimum absolute atomic E-state index is 0.325. The van der Waals surface area contributed by atoms with E-state index in [2.05, 4.69) is 36.9 Å². The first kappa shape index (κ1) is 13.6. The second-order valence-electron chi connectivity index (χ2n) is 4.99. The molecule has 102 valence electrons. The van der Waals surface area contributed by atoms with E-state index in [0.717, 1.165) is 38.3 Å². The molecule has 1 saturated heterocycles. The third-order valence-electron chi connectivity index (χ3n) is 3.63. The maximum Gasteiger partial charge on any atom is 0.109 e. The Balaban J connectivity index is 2.17. The van der Waals surface area contributed by atoms with Crippen molar-refractivity contribution in [3.63, 3.8) is 0 Å². The molecule has 2 rings (SSSR count). The van der Waals surface area contributed by atoms with E-state index < -0.39 is 0 Å². The van der Waals surface area contributed by atoms with Gasteiger partial charge in [-0.05, 0) is 26.3 Å². The van der Waals surface area contributed by atoms with E-state index in [9.17, 15) is 0 Å². The number of hydrogen-bond acceptors (Lipinski definition) is 3. The maximum atomic E-state index is 5.59. The summed E-state index contributed by atoms with van der Waals surface area (Å²) >= 11 is 0. The molecule has 2 atom stereocenters. The molecule has 0 bridgehead atoms. The van der Waals surface area contributed by atoms with Gasteiger partial charge in [0.15, 0.2) is 0 Å². The summed E-state index contributed by atoms with van der Waals surface area (Å²) in [5, 5.41) is 3.42. The van der Waals surface area contributed by atoms with Crippen molar-refractivity contribution in [2.24, 2.45) is 0 Å². The molecule has 1 fully saturated rings. The summed E-state index contributed by atoms with van der Waals surface area (Å²) in [5.74, 6) is 1.19. The number of imidazole rings is 1. The topological polar surface area (TPSA) is 39.1 Å². The Labute approximate surface area is 110 Å². The first-order valence-corrected chi connectivity index (χ1v) is 7.15. The van der Waals surface area contributed by atoms with Crippen molar-refractivity contribution >= 4 is 0 Å². The maximum absolute atomic E-state index is 5.59. The average Bonchev–Trinajstić information content (AvgIpc) is 2.84. The van der Waals surface area contributed by atoms with Crippen LogP contribution in [0.2, 0.25) is 0 Å². The van der Waals surface area contributed by atoms with Gasteiger partial charge in [0.1, 0.15) is 5.82 Å². The molecule has 2 unspecified atom stereocenters. The minimum Gasteiger partial charge on any atom is -0.379 e. The van der Waals surface area contributed by atoms with Gasteiger partial charge in [-0.1, -0.05) is 13.8 Å². The number of rotatable bonds is 5. The second-order valence-corrected chi connectivity index (χ2v) is 4.99. The van der Waals surface area contributed by atoms with Crippen LogP contribution in [0.3, 0.4) is 0 Å². The predicted molar refractivity (Wildman–Crippen MR) is 72.8 cm³/mol. The fourth-order valence-corrected chi connectivity index (χ4v) is 2.59. The first-order valence-electron chi connectivity index (χ1n) is 7.15. The Morgan fingerprint density at radius 3 is 3.00 bits per heavy atom. The molecule has 1 aromatic rings. The highest BCUT2D eigenvalue weighted by Crippen LogP contribution is 2.23. The van der Waals surface area contributed by atoms with Crippen molar-refractivity contribution in [2.75, 3.05) is 19.8 Å². The monoisotopic (exact) mass is 251 g/mol. The summed E-state index contributed by atoms with van der Waals surface area (Å²) in [4.78, 5) is 4.77. The highest BCUT2D eigenvalue weighted by molar-refractivity contribution is 5.10. The molecule has 4 nitrogen and oxygen atoms in total. The molecule has 0 amide bonds. The molecule has 0 aromatic carbocycles. The molecule has 0 saturated carbocycles. The van der Waals surface area contributed by atoms with Crippen LogP contribution in [-0.4, -0.2) is 29.3 Å². The summed E-state index contributed by atoms with van der Waals surface area (Å²) in [5.41, 5.74) is 1.15. The zero-order chi connectivity index (χ0) is 13.0. The van der Waals surface area contributed by atoms with Crippen molar-refractivity contribution in [3.05, 3.63) is 17.7 Å². The molecule has 1 aromatic heterocycles. The predicted octanol–water partition coefficient (Wildman–Crippen LogP) is 2.47. The zero-order valence-electron chi connectivity index (χ0n) is 11.8. The lowest BCUT2D eigenvalue weighted by atomic mass is 10.1. The number of aromatic nitrogens is 2. The Kier molecular flexibility index (Phi) is 4.78. The highest BCUT2D eigenvalue weighted by Gasteiger charge is 2.20. The van der Waals surface area contributed by atoms with Crippen LogP contribution in [0.4, 0.5) is 0 Å². The van der Waals surface area contributed by atoms with Crippen molar-refractivity contribution in [3.8, 4) is 0 Å². The highest BCUT2D eigenvalue weighted by atomic mass is 16.5. The van der Waals surface area contributed by atoms with Crippen LogP contribution in [0.15, 0.2) is 6.20 Å². The lowest BCUT2D eigenvalue weighted by Crippen LogP contribution is -2.22. The molecule has 1 N–H and O–H groups in total. The van der Waals surface area contributed by atoms with Crippen molar-refractivity contribution < 1.29 is 4.74 Å². The molecule has 1 aliphatic heterocycles. The molecular weight excluding hydrogens is 226 g/mol. The van der Waals surface area contributed by atoms with E-state index >= 15 is 0 Å². The molecule has 18 heavy (non-hydrogen) atoms. The van der Waals surface area contributed by atoms with Crippen LogP contribution < -0.4 is 5.32 Å². The lowest BCUT2D eigenvalue weighted by Gasteiger charge is -2.24. The van der Waals surface area contributed by atoms with E-state index in [4.69, 9.17) is 9.72 Å². The van der Waals surface area contributed by atoms with E-state index in [0.29, 0.717) is 12.1 Å². The quantitative estimate of drug-likeness (QED) is 0.873. The molecule has 0 spiro atoms. The van der Waals surface area contributed by atoms with Gasteiger partial charge in [0.25, 0.3) is 0 Å². The number of nitrogens with zero attached hydrogens (tertiary/aromatic N) is 2. The molecule has 1 aliphatic rings. The smallest absolute Gasteiger partial charge is 0.109 e. The SMILES string of the molecule is CCNC(C)c1cn(C2CCCOC2)c(CC)n1. The van der Waals surface area contributed by atoms with Gasteiger partial charge in [-0.2, -0.15) is 0 Å². The van der Waals surface area contributed by atoms with Gasteiger partial charge < -0.3 is 14.6 Å². The Morgan fingerprint density at radius 1 is 1.56 bits per heavy atom. The van der Waals surface area contributed by atoms with Crippen LogP contribution in [0.5, 0.6) is 0 Å². The second kappa shape index (κ2) is 6.34. The number of ether oxygens (including phenoxy) is 1. The average molecular weight is 251 g/mol. The van der Waals surface area contributed by atoms with Gasteiger partial charge in [0.05, 0.1) is 18.3 Å². The van der Waals surface area contributed by atoms with Gasteiger partial charge in [0, 0.05) is 25.3 Å². The van der Waals surface area contributed by atoms with E-state index in [1.165, 1.54) is 12.2 Å². The fourth-order valence-electron chi connectivity index (χ4n) is 2.59. The van der Waals surface area contributed by atoms with Gasteiger partial charge in [-0.3, -0.25) is 0 Å². The van der Waals surface area contributed by atoms with Gasteiger partial charge in [0.2, 0.25) is 0 Å². The third kappa shape index (κ3) is 2.93. The molecule has 0 radical (unpaired) electrons. The van der Waals surface area contributed by atoms with E-state index in [1.807, 2.05) is 0 Å². The van der Waals surface area contributed by atoms with Crippen LogP contribution >= 0.6 is 0 Å². The normalized spacial score (nSPS) is 22.1. The van der Waals surface area contributed by atoms with Crippen molar-refractivity contribution in [1.29, 1.82) is 0 Å². The number of hydrogen-bond donors (Lipinski definition) is 1. The van der Waals surface area contributed by atoms with Crippen LogP contribution in [-0.2, 0) is 11.2 Å².